The summed E-state index contributed by atoms with van der Waals surface area (Å²) in [7, 11) is -3.34. The van der Waals surface area contributed by atoms with Gasteiger partial charge in [0.15, 0.2) is 15.0 Å². The normalized spacial score (nSPS) is 11.4. The van der Waals surface area contributed by atoms with Gasteiger partial charge < -0.3 is 10.0 Å². The van der Waals surface area contributed by atoms with Crippen molar-refractivity contribution in [2.45, 2.75) is 30.1 Å². The predicted molar refractivity (Wildman–Crippen MR) is 162 cm³/mol. The Bertz CT molecular complexity index is 1540. The highest BCUT2D eigenvalue weighted by Crippen LogP contribution is 2.36. The fourth-order valence-corrected chi connectivity index (χ4v) is 6.19. The third-order valence-corrected chi connectivity index (χ3v) is 8.85. The van der Waals surface area contributed by atoms with Crippen molar-refractivity contribution in [2.24, 2.45) is 0 Å². The van der Waals surface area contributed by atoms with Crippen LogP contribution in [0.25, 0.3) is 11.3 Å². The third kappa shape index (κ3) is 8.39. The van der Waals surface area contributed by atoms with Gasteiger partial charge in [-0.1, -0.05) is 95.7 Å². The maximum Gasteiger partial charge on any atom is 0.323 e. The van der Waals surface area contributed by atoms with Crippen LogP contribution < -0.4 is 5.32 Å². The van der Waals surface area contributed by atoms with Crippen molar-refractivity contribution in [1.29, 1.82) is 0 Å². The maximum atomic E-state index is 13.4. The molecule has 0 unspecified atom stereocenters. The molecule has 3 aromatic carbocycles. The summed E-state index contributed by atoms with van der Waals surface area (Å²) in [6.07, 6.45) is 2.02. The van der Waals surface area contributed by atoms with Crippen LogP contribution in [0.2, 0.25) is 4.34 Å². The van der Waals surface area contributed by atoms with Crippen LogP contribution in [-0.4, -0.2) is 54.8 Å². The number of hydrogen-bond acceptors (Lipinski definition) is 6. The maximum absolute atomic E-state index is 13.4. The monoisotopic (exact) mass is 611 g/mol. The van der Waals surface area contributed by atoms with E-state index >= 15 is 0 Å². The van der Waals surface area contributed by atoms with Crippen LogP contribution in [0.5, 0.6) is 0 Å². The van der Waals surface area contributed by atoms with Gasteiger partial charge in [-0.3, -0.25) is 10.1 Å². The van der Waals surface area contributed by atoms with Crippen LogP contribution >= 0.6 is 22.9 Å². The smallest absolute Gasteiger partial charge is 0.323 e. The number of nitrogens with one attached hydrogen (secondary N) is 1. The molecule has 0 aliphatic heterocycles. The van der Waals surface area contributed by atoms with Gasteiger partial charge in [0, 0.05) is 37.2 Å². The number of aromatic nitrogens is 1. The molecule has 0 bridgehead atoms. The Balaban J connectivity index is 1.51. The summed E-state index contributed by atoms with van der Waals surface area (Å²) in [5.74, 6) is -0.877. The zero-order valence-electron chi connectivity index (χ0n) is 22.4. The summed E-state index contributed by atoms with van der Waals surface area (Å²) in [5, 5.41) is 12.2. The SMILES string of the molecule is CS(=O)(=O)c1ccc(-c2nc(NC(=O)N(CCCC(=O)O)CCC(c3ccccc3)c3ccccc3)sc2Cl)cc1. The van der Waals surface area contributed by atoms with E-state index in [0.29, 0.717) is 35.0 Å². The van der Waals surface area contributed by atoms with Crippen molar-refractivity contribution in [3.05, 3.63) is 100 Å². The Labute approximate surface area is 248 Å². The highest BCUT2D eigenvalue weighted by atomic mass is 35.5. The van der Waals surface area contributed by atoms with Crippen LogP contribution in [0, 0.1) is 0 Å². The third-order valence-electron chi connectivity index (χ3n) is 6.55. The number of benzene rings is 3. The second-order valence-corrected chi connectivity index (χ2v) is 13.1. The molecule has 0 radical (unpaired) electrons. The van der Waals surface area contributed by atoms with Gasteiger partial charge in [-0.05, 0) is 36.1 Å². The second kappa shape index (κ2) is 13.8. The molecular weight excluding hydrogens is 582 g/mol. The molecule has 0 fully saturated rings. The average Bonchev–Trinajstić information content (AvgIpc) is 3.32. The van der Waals surface area contributed by atoms with Gasteiger partial charge in [-0.15, -0.1) is 0 Å². The van der Waals surface area contributed by atoms with E-state index in [-0.39, 0.29) is 28.9 Å². The molecule has 4 aromatic rings. The molecule has 214 valence electrons. The first-order chi connectivity index (χ1) is 19.6. The van der Waals surface area contributed by atoms with E-state index in [1.807, 2.05) is 36.4 Å². The van der Waals surface area contributed by atoms with Gasteiger partial charge in [0.05, 0.1) is 4.90 Å². The predicted octanol–water partition coefficient (Wildman–Crippen LogP) is 6.79. The van der Waals surface area contributed by atoms with E-state index in [0.717, 1.165) is 28.7 Å². The number of hydrogen-bond donors (Lipinski definition) is 2. The Morgan fingerprint density at radius 3 is 2.07 bits per heavy atom. The van der Waals surface area contributed by atoms with Crippen LogP contribution in [0.4, 0.5) is 9.93 Å². The average molecular weight is 612 g/mol. The zero-order valence-corrected chi connectivity index (χ0v) is 24.8. The summed E-state index contributed by atoms with van der Waals surface area (Å²) in [6.45, 7) is 0.645. The number of nitrogens with zero attached hydrogens (tertiary/aromatic N) is 2. The molecule has 0 saturated carbocycles. The van der Waals surface area contributed by atoms with Crippen molar-refractivity contribution in [3.63, 3.8) is 0 Å². The molecule has 0 atom stereocenters. The van der Waals surface area contributed by atoms with Crippen molar-refractivity contribution < 1.29 is 23.1 Å². The molecule has 1 heterocycles. The van der Waals surface area contributed by atoms with Gasteiger partial charge >= 0.3 is 12.0 Å². The minimum atomic E-state index is -3.34. The summed E-state index contributed by atoms with van der Waals surface area (Å²) in [6, 6.07) is 25.9. The molecule has 0 aliphatic carbocycles. The molecule has 0 spiro atoms. The fraction of sp³-hybridized carbons (Fsp3) is 0.233. The number of carboxylic acid groups (broad SMARTS) is 1. The lowest BCUT2D eigenvalue weighted by atomic mass is 9.88. The number of carbonyl (C=O) groups excluding carboxylic acids is 1. The molecule has 8 nitrogen and oxygen atoms in total. The minimum absolute atomic E-state index is 0.0444. The summed E-state index contributed by atoms with van der Waals surface area (Å²) in [5.41, 5.74) is 3.30. The number of sulfone groups is 1. The summed E-state index contributed by atoms with van der Waals surface area (Å²) in [4.78, 5) is 30.8. The number of halogens is 1. The van der Waals surface area contributed by atoms with E-state index in [4.69, 9.17) is 16.7 Å². The molecule has 41 heavy (non-hydrogen) atoms. The van der Waals surface area contributed by atoms with Crippen molar-refractivity contribution in [1.82, 2.24) is 9.88 Å². The van der Waals surface area contributed by atoms with Gasteiger partial charge in [0.1, 0.15) is 10.0 Å². The number of urea groups is 1. The van der Waals surface area contributed by atoms with E-state index < -0.39 is 21.8 Å². The first-order valence-corrected chi connectivity index (χ1v) is 16.0. The molecule has 4 rings (SSSR count). The Morgan fingerprint density at radius 1 is 0.951 bits per heavy atom. The number of amides is 2. The van der Waals surface area contributed by atoms with Crippen LogP contribution in [-0.2, 0) is 14.6 Å². The van der Waals surface area contributed by atoms with Crippen molar-refractivity contribution >= 4 is 49.9 Å². The lowest BCUT2D eigenvalue weighted by Crippen LogP contribution is -2.37. The van der Waals surface area contributed by atoms with E-state index in [1.54, 1.807) is 17.0 Å². The number of carbonyl (C=O) groups is 2. The lowest BCUT2D eigenvalue weighted by Gasteiger charge is -2.26. The van der Waals surface area contributed by atoms with Gasteiger partial charge in [0.25, 0.3) is 0 Å². The largest absolute Gasteiger partial charge is 0.481 e. The van der Waals surface area contributed by atoms with Gasteiger partial charge in [-0.25, -0.2) is 18.2 Å². The lowest BCUT2D eigenvalue weighted by molar-refractivity contribution is -0.137. The van der Waals surface area contributed by atoms with Crippen LogP contribution in [0.1, 0.15) is 36.3 Å². The first kappa shape index (κ1) is 30.2. The van der Waals surface area contributed by atoms with E-state index in [1.165, 1.54) is 12.1 Å². The molecule has 2 N–H and O–H groups in total. The Hall–Kier alpha value is -3.73. The van der Waals surface area contributed by atoms with Crippen LogP contribution in [0.15, 0.2) is 89.8 Å². The quantitative estimate of drug-likeness (QED) is 0.182. The fourth-order valence-electron chi connectivity index (χ4n) is 4.48. The number of anilines is 1. The summed E-state index contributed by atoms with van der Waals surface area (Å²) < 4.78 is 23.9. The molecule has 2 amide bonds. The molecule has 11 heteroatoms. The number of carboxylic acids is 1. The highest BCUT2D eigenvalue weighted by Gasteiger charge is 2.21. The number of thiazole rings is 1. The Kier molecular flexibility index (Phi) is 10.1. The van der Waals surface area contributed by atoms with Gasteiger partial charge in [0.2, 0.25) is 0 Å². The number of aliphatic carboxylic acids is 1. The highest BCUT2D eigenvalue weighted by molar-refractivity contribution is 7.90. The van der Waals surface area contributed by atoms with Gasteiger partial charge in [-0.2, -0.15) is 0 Å². The first-order valence-electron chi connectivity index (χ1n) is 13.0. The standard InChI is InChI=1S/C30H30ClN3O5S2/c1-41(38,39)24-16-14-23(15-17-24)27-28(31)40-29(32-27)33-30(37)34(19-8-13-26(35)36)20-18-25(21-9-4-2-5-10-21)22-11-6-3-7-12-22/h2-7,9-12,14-17,25H,8,13,18-20H2,1H3,(H,35,36)(H,32,33,37). The Morgan fingerprint density at radius 2 is 1.54 bits per heavy atom. The van der Waals surface area contributed by atoms with Crippen molar-refractivity contribution in [2.75, 3.05) is 24.7 Å². The summed E-state index contributed by atoms with van der Waals surface area (Å²) >= 11 is 7.53. The van der Waals surface area contributed by atoms with Crippen molar-refractivity contribution in [3.8, 4) is 11.3 Å². The molecule has 0 aliphatic rings. The molecule has 1 aromatic heterocycles. The number of rotatable bonds is 12. The topological polar surface area (TPSA) is 117 Å². The van der Waals surface area contributed by atoms with E-state index in [2.05, 4.69) is 34.6 Å². The second-order valence-electron chi connectivity index (χ2n) is 9.51. The van der Waals surface area contributed by atoms with E-state index in [9.17, 15) is 18.0 Å². The molecule has 0 saturated heterocycles. The minimum Gasteiger partial charge on any atom is -0.481 e. The van der Waals surface area contributed by atoms with Crippen LogP contribution in [0.3, 0.4) is 0 Å². The molecular formula is C30H30ClN3O5S2. The zero-order chi connectivity index (χ0) is 29.4.